The summed E-state index contributed by atoms with van der Waals surface area (Å²) in [7, 11) is 0. The topological polar surface area (TPSA) is 43.4 Å². The average Bonchev–Trinajstić information content (AvgIpc) is 2.32. The fraction of sp³-hybridized carbons (Fsp3) is 0.818. The maximum absolute atomic E-state index is 11.5. The van der Waals surface area contributed by atoms with Crippen molar-refractivity contribution in [2.24, 2.45) is 11.3 Å². The van der Waals surface area contributed by atoms with Gasteiger partial charge in [0.1, 0.15) is 5.78 Å². The van der Waals surface area contributed by atoms with Gasteiger partial charge in [0.05, 0.1) is 6.61 Å². The third-order valence-corrected chi connectivity index (χ3v) is 3.18. The normalized spacial score (nSPS) is 25.1. The van der Waals surface area contributed by atoms with Crippen LogP contribution in [0.25, 0.3) is 0 Å². The second-order valence-electron chi connectivity index (χ2n) is 4.39. The van der Waals surface area contributed by atoms with Gasteiger partial charge in [0.2, 0.25) is 0 Å². The van der Waals surface area contributed by atoms with Crippen LogP contribution >= 0.6 is 0 Å². The van der Waals surface area contributed by atoms with Crippen LogP contribution in [0.2, 0.25) is 0 Å². The van der Waals surface area contributed by atoms with Gasteiger partial charge in [0, 0.05) is 18.3 Å². The molecule has 0 bridgehead atoms. The largest absolute Gasteiger partial charge is 0.466 e. The molecule has 1 atom stereocenters. The number of ether oxygens (including phenoxy) is 1. The van der Waals surface area contributed by atoms with E-state index in [9.17, 15) is 9.59 Å². The molecular weight excluding hydrogens is 180 g/mol. The first-order chi connectivity index (χ1) is 6.48. The van der Waals surface area contributed by atoms with E-state index in [-0.39, 0.29) is 23.1 Å². The summed E-state index contributed by atoms with van der Waals surface area (Å²) < 4.78 is 4.88. The summed E-state index contributed by atoms with van der Waals surface area (Å²) in [5.41, 5.74) is -0.341. The Bertz CT molecular complexity index is 243. The molecule has 0 aromatic carbocycles. The number of carbonyl (C=O) groups is 2. The highest BCUT2D eigenvalue weighted by Crippen LogP contribution is 2.41. The molecule has 3 heteroatoms. The monoisotopic (exact) mass is 198 g/mol. The lowest BCUT2D eigenvalue weighted by atomic mass is 9.79. The van der Waals surface area contributed by atoms with Gasteiger partial charge in [-0.15, -0.1) is 0 Å². The molecule has 80 valence electrons. The van der Waals surface area contributed by atoms with Crippen molar-refractivity contribution in [3.8, 4) is 0 Å². The zero-order valence-corrected chi connectivity index (χ0v) is 9.13. The van der Waals surface area contributed by atoms with E-state index in [0.717, 1.165) is 6.42 Å². The highest BCUT2D eigenvalue weighted by Gasteiger charge is 2.42. The molecule has 0 amide bonds. The first kappa shape index (κ1) is 11.2. The standard InChI is InChI=1S/C11H18O3/c1-4-14-10(13)7-8-5-6-9(12)11(8,2)3/h8H,4-7H2,1-3H3. The maximum Gasteiger partial charge on any atom is 0.306 e. The van der Waals surface area contributed by atoms with E-state index in [1.807, 2.05) is 13.8 Å². The van der Waals surface area contributed by atoms with E-state index in [2.05, 4.69) is 0 Å². The van der Waals surface area contributed by atoms with Crippen molar-refractivity contribution in [1.82, 2.24) is 0 Å². The van der Waals surface area contributed by atoms with Gasteiger partial charge in [-0.3, -0.25) is 9.59 Å². The van der Waals surface area contributed by atoms with Gasteiger partial charge in [0.25, 0.3) is 0 Å². The van der Waals surface area contributed by atoms with Gasteiger partial charge in [-0.25, -0.2) is 0 Å². The van der Waals surface area contributed by atoms with Crippen molar-refractivity contribution in [3.63, 3.8) is 0 Å². The Morgan fingerprint density at radius 1 is 1.57 bits per heavy atom. The number of Topliss-reactive ketones (excluding diaryl/α,β-unsaturated/α-hetero) is 1. The van der Waals surface area contributed by atoms with Crippen molar-refractivity contribution >= 4 is 11.8 Å². The smallest absolute Gasteiger partial charge is 0.306 e. The molecule has 0 radical (unpaired) electrons. The molecule has 0 aliphatic heterocycles. The molecule has 1 rings (SSSR count). The predicted octanol–water partition coefficient (Wildman–Crippen LogP) is 1.94. The van der Waals surface area contributed by atoms with Crippen LogP contribution in [-0.2, 0) is 14.3 Å². The Hall–Kier alpha value is -0.860. The lowest BCUT2D eigenvalue weighted by Gasteiger charge is -2.24. The van der Waals surface area contributed by atoms with Crippen LogP contribution in [0.15, 0.2) is 0 Å². The van der Waals surface area contributed by atoms with Gasteiger partial charge < -0.3 is 4.74 Å². The quantitative estimate of drug-likeness (QED) is 0.651. The van der Waals surface area contributed by atoms with Gasteiger partial charge >= 0.3 is 5.97 Å². The summed E-state index contributed by atoms with van der Waals surface area (Å²) in [5, 5.41) is 0. The minimum atomic E-state index is -0.341. The fourth-order valence-corrected chi connectivity index (χ4v) is 1.99. The summed E-state index contributed by atoms with van der Waals surface area (Å²) in [6.45, 7) is 6.06. The van der Waals surface area contributed by atoms with Gasteiger partial charge in [-0.2, -0.15) is 0 Å². The molecule has 0 spiro atoms. The van der Waals surface area contributed by atoms with Crippen LogP contribution < -0.4 is 0 Å². The van der Waals surface area contributed by atoms with E-state index < -0.39 is 0 Å². The molecule has 1 unspecified atom stereocenters. The first-order valence-electron chi connectivity index (χ1n) is 5.17. The Balaban J connectivity index is 2.54. The zero-order chi connectivity index (χ0) is 10.8. The van der Waals surface area contributed by atoms with Crippen LogP contribution in [0.4, 0.5) is 0 Å². The summed E-state index contributed by atoms with van der Waals surface area (Å²) in [6, 6.07) is 0. The molecule has 14 heavy (non-hydrogen) atoms. The van der Waals surface area contributed by atoms with Crippen LogP contribution in [0, 0.1) is 11.3 Å². The minimum Gasteiger partial charge on any atom is -0.466 e. The lowest BCUT2D eigenvalue weighted by Crippen LogP contribution is -2.27. The molecule has 0 heterocycles. The summed E-state index contributed by atoms with van der Waals surface area (Å²) in [4.78, 5) is 22.8. The van der Waals surface area contributed by atoms with Crippen molar-refractivity contribution in [1.29, 1.82) is 0 Å². The third-order valence-electron chi connectivity index (χ3n) is 3.18. The SMILES string of the molecule is CCOC(=O)CC1CCC(=O)C1(C)C. The molecule has 1 aliphatic carbocycles. The van der Waals surface area contributed by atoms with Crippen molar-refractivity contribution in [2.45, 2.75) is 40.0 Å². The highest BCUT2D eigenvalue weighted by molar-refractivity contribution is 5.87. The van der Waals surface area contributed by atoms with E-state index in [0.29, 0.717) is 19.4 Å². The Kier molecular flexibility index (Phi) is 3.29. The molecular formula is C11H18O3. The van der Waals surface area contributed by atoms with Crippen LogP contribution in [0.1, 0.15) is 40.0 Å². The number of rotatable bonds is 3. The number of ketones is 1. The molecule has 1 fully saturated rings. The minimum absolute atomic E-state index is 0.161. The molecule has 1 saturated carbocycles. The van der Waals surface area contributed by atoms with Gasteiger partial charge in [0.15, 0.2) is 0 Å². The number of hydrogen-bond acceptors (Lipinski definition) is 3. The number of esters is 1. The Morgan fingerprint density at radius 2 is 2.21 bits per heavy atom. The van der Waals surface area contributed by atoms with Crippen molar-refractivity contribution < 1.29 is 14.3 Å². The van der Waals surface area contributed by atoms with E-state index in [1.54, 1.807) is 6.92 Å². The molecule has 3 nitrogen and oxygen atoms in total. The predicted molar refractivity (Wildman–Crippen MR) is 52.8 cm³/mol. The van der Waals surface area contributed by atoms with E-state index in [1.165, 1.54) is 0 Å². The average molecular weight is 198 g/mol. The summed E-state index contributed by atoms with van der Waals surface area (Å²) in [5.74, 6) is 0.251. The Morgan fingerprint density at radius 3 is 2.64 bits per heavy atom. The first-order valence-corrected chi connectivity index (χ1v) is 5.17. The number of hydrogen-bond donors (Lipinski definition) is 0. The zero-order valence-electron chi connectivity index (χ0n) is 9.13. The van der Waals surface area contributed by atoms with E-state index in [4.69, 9.17) is 4.74 Å². The Labute approximate surface area is 84.8 Å². The molecule has 0 aromatic rings. The maximum atomic E-state index is 11.5. The molecule has 0 saturated heterocycles. The molecule has 1 aliphatic rings. The fourth-order valence-electron chi connectivity index (χ4n) is 1.99. The molecule has 0 aromatic heterocycles. The van der Waals surface area contributed by atoms with Gasteiger partial charge in [-0.05, 0) is 19.3 Å². The van der Waals surface area contributed by atoms with Crippen molar-refractivity contribution in [3.05, 3.63) is 0 Å². The second-order valence-corrected chi connectivity index (χ2v) is 4.39. The van der Waals surface area contributed by atoms with Crippen LogP contribution in [-0.4, -0.2) is 18.4 Å². The molecule has 0 N–H and O–H groups in total. The lowest BCUT2D eigenvalue weighted by molar-refractivity contribution is -0.145. The highest BCUT2D eigenvalue weighted by atomic mass is 16.5. The third kappa shape index (κ3) is 2.14. The number of carbonyl (C=O) groups excluding carboxylic acids is 2. The van der Waals surface area contributed by atoms with E-state index >= 15 is 0 Å². The van der Waals surface area contributed by atoms with Crippen LogP contribution in [0.5, 0.6) is 0 Å². The van der Waals surface area contributed by atoms with Gasteiger partial charge in [-0.1, -0.05) is 13.8 Å². The van der Waals surface area contributed by atoms with Crippen LogP contribution in [0.3, 0.4) is 0 Å². The second kappa shape index (κ2) is 4.11. The summed E-state index contributed by atoms with van der Waals surface area (Å²) in [6.07, 6.45) is 1.81. The summed E-state index contributed by atoms with van der Waals surface area (Å²) >= 11 is 0. The van der Waals surface area contributed by atoms with Crippen molar-refractivity contribution in [2.75, 3.05) is 6.61 Å².